The molecule has 0 aliphatic heterocycles. The number of hydrazone groups is 1. The Morgan fingerprint density at radius 3 is 2.52 bits per heavy atom. The summed E-state index contributed by atoms with van der Waals surface area (Å²) in [5.41, 5.74) is 6.26. The standard InChI is InChI=1S/C17H18N2O2/c1-11-5-4-6-14(9-11)17(21)19-18-13(3)15-10-12(2)7-8-16(15)20/h4-10,20H,1-3H3,(H,19,21). The molecule has 1 amide bonds. The van der Waals surface area contributed by atoms with Gasteiger partial charge in [0.05, 0.1) is 5.71 Å². The summed E-state index contributed by atoms with van der Waals surface area (Å²) in [4.78, 5) is 12.0. The molecule has 0 heterocycles. The summed E-state index contributed by atoms with van der Waals surface area (Å²) in [6.07, 6.45) is 0. The summed E-state index contributed by atoms with van der Waals surface area (Å²) >= 11 is 0. The Labute approximate surface area is 124 Å². The van der Waals surface area contributed by atoms with Gasteiger partial charge in [0.1, 0.15) is 5.75 Å². The number of aryl methyl sites for hydroxylation is 2. The quantitative estimate of drug-likeness (QED) is 0.671. The molecule has 4 nitrogen and oxygen atoms in total. The minimum Gasteiger partial charge on any atom is -0.507 e. The van der Waals surface area contributed by atoms with Crippen LogP contribution in [-0.4, -0.2) is 16.7 Å². The largest absolute Gasteiger partial charge is 0.507 e. The highest BCUT2D eigenvalue weighted by Crippen LogP contribution is 2.18. The topological polar surface area (TPSA) is 61.7 Å². The number of hydrogen-bond donors (Lipinski definition) is 2. The highest BCUT2D eigenvalue weighted by molar-refractivity contribution is 6.02. The molecule has 0 atom stereocenters. The van der Waals surface area contributed by atoms with Crippen LogP contribution in [-0.2, 0) is 0 Å². The van der Waals surface area contributed by atoms with Crippen LogP contribution in [0.5, 0.6) is 5.75 Å². The molecular weight excluding hydrogens is 264 g/mol. The first-order valence-corrected chi connectivity index (χ1v) is 6.68. The predicted octanol–water partition coefficient (Wildman–Crippen LogP) is 3.16. The number of nitrogens with zero attached hydrogens (tertiary/aromatic N) is 1. The van der Waals surface area contributed by atoms with Crippen LogP contribution in [0.15, 0.2) is 47.6 Å². The van der Waals surface area contributed by atoms with Gasteiger partial charge in [-0.2, -0.15) is 5.10 Å². The maximum Gasteiger partial charge on any atom is 0.271 e. The van der Waals surface area contributed by atoms with E-state index in [0.717, 1.165) is 11.1 Å². The molecule has 0 aliphatic rings. The number of nitrogens with one attached hydrogen (secondary N) is 1. The van der Waals surface area contributed by atoms with Gasteiger partial charge in [0, 0.05) is 11.1 Å². The number of hydrogen-bond acceptors (Lipinski definition) is 3. The summed E-state index contributed by atoms with van der Waals surface area (Å²) in [6, 6.07) is 12.5. The number of aromatic hydroxyl groups is 1. The minimum absolute atomic E-state index is 0.145. The molecule has 0 fully saturated rings. The Bertz CT molecular complexity index is 706. The normalized spacial score (nSPS) is 11.3. The fourth-order valence-electron chi connectivity index (χ4n) is 1.99. The molecule has 2 aromatic carbocycles. The van der Waals surface area contributed by atoms with E-state index in [1.807, 2.05) is 38.1 Å². The second-order valence-electron chi connectivity index (χ2n) is 5.03. The summed E-state index contributed by atoms with van der Waals surface area (Å²) in [6.45, 7) is 5.60. The molecular formula is C17H18N2O2. The van der Waals surface area contributed by atoms with Crippen molar-refractivity contribution in [1.82, 2.24) is 5.43 Å². The van der Waals surface area contributed by atoms with E-state index >= 15 is 0 Å². The average molecular weight is 282 g/mol. The van der Waals surface area contributed by atoms with E-state index < -0.39 is 0 Å². The minimum atomic E-state index is -0.273. The van der Waals surface area contributed by atoms with Gasteiger partial charge in [0.2, 0.25) is 0 Å². The smallest absolute Gasteiger partial charge is 0.271 e. The third kappa shape index (κ3) is 3.69. The molecule has 4 heteroatoms. The summed E-state index contributed by atoms with van der Waals surface area (Å²) in [7, 11) is 0. The lowest BCUT2D eigenvalue weighted by atomic mass is 10.1. The van der Waals surface area contributed by atoms with E-state index in [0.29, 0.717) is 16.8 Å². The van der Waals surface area contributed by atoms with E-state index in [9.17, 15) is 9.90 Å². The summed E-state index contributed by atoms with van der Waals surface area (Å²) in [5, 5.41) is 13.9. The Hall–Kier alpha value is -2.62. The van der Waals surface area contributed by atoms with Crippen molar-refractivity contribution in [3.8, 4) is 5.75 Å². The van der Waals surface area contributed by atoms with E-state index in [4.69, 9.17) is 0 Å². The molecule has 0 spiro atoms. The molecule has 108 valence electrons. The van der Waals surface area contributed by atoms with Crippen LogP contribution in [0.3, 0.4) is 0 Å². The fraction of sp³-hybridized carbons (Fsp3) is 0.176. The number of benzene rings is 2. The lowest BCUT2D eigenvalue weighted by molar-refractivity contribution is 0.0954. The number of amides is 1. The van der Waals surface area contributed by atoms with E-state index in [1.54, 1.807) is 25.1 Å². The Morgan fingerprint density at radius 1 is 1.10 bits per heavy atom. The second kappa shape index (κ2) is 6.22. The van der Waals surface area contributed by atoms with Crippen LogP contribution in [0.2, 0.25) is 0 Å². The van der Waals surface area contributed by atoms with Crippen LogP contribution in [0.1, 0.15) is 34.0 Å². The van der Waals surface area contributed by atoms with Crippen LogP contribution in [0.25, 0.3) is 0 Å². The maximum absolute atomic E-state index is 12.0. The SMILES string of the molecule is CC(=NNC(=O)c1cccc(C)c1)c1cc(C)ccc1O. The van der Waals surface area contributed by atoms with Gasteiger partial charge < -0.3 is 5.11 Å². The van der Waals surface area contributed by atoms with Crippen molar-refractivity contribution in [2.75, 3.05) is 0 Å². The number of carbonyl (C=O) groups excluding carboxylic acids is 1. The number of phenols is 1. The second-order valence-corrected chi connectivity index (χ2v) is 5.03. The number of carbonyl (C=O) groups is 1. The lowest BCUT2D eigenvalue weighted by Gasteiger charge is -2.06. The maximum atomic E-state index is 12.0. The molecule has 0 aromatic heterocycles. The molecule has 21 heavy (non-hydrogen) atoms. The number of phenolic OH excluding ortho intramolecular Hbond substituents is 1. The molecule has 0 radical (unpaired) electrons. The van der Waals surface area contributed by atoms with Crippen molar-refractivity contribution >= 4 is 11.6 Å². The molecule has 2 aromatic rings. The zero-order valence-corrected chi connectivity index (χ0v) is 12.3. The average Bonchev–Trinajstić information content (AvgIpc) is 2.47. The van der Waals surface area contributed by atoms with Crippen molar-refractivity contribution in [3.05, 3.63) is 64.7 Å². The highest BCUT2D eigenvalue weighted by Gasteiger charge is 2.07. The Morgan fingerprint density at radius 2 is 1.81 bits per heavy atom. The summed E-state index contributed by atoms with van der Waals surface area (Å²) in [5.74, 6) is -0.128. The van der Waals surface area contributed by atoms with Crippen molar-refractivity contribution in [1.29, 1.82) is 0 Å². The predicted molar refractivity (Wildman–Crippen MR) is 83.7 cm³/mol. The molecule has 2 N–H and O–H groups in total. The van der Waals surface area contributed by atoms with Gasteiger partial charge in [-0.15, -0.1) is 0 Å². The van der Waals surface area contributed by atoms with Gasteiger partial charge in [0.25, 0.3) is 5.91 Å². The van der Waals surface area contributed by atoms with Crippen molar-refractivity contribution in [2.24, 2.45) is 5.10 Å². The van der Waals surface area contributed by atoms with Crippen molar-refractivity contribution < 1.29 is 9.90 Å². The van der Waals surface area contributed by atoms with Crippen LogP contribution >= 0.6 is 0 Å². The zero-order chi connectivity index (χ0) is 15.4. The molecule has 0 bridgehead atoms. The lowest BCUT2D eigenvalue weighted by Crippen LogP contribution is -2.19. The van der Waals surface area contributed by atoms with E-state index in [1.165, 1.54) is 0 Å². The molecule has 0 saturated heterocycles. The third-order valence-corrected chi connectivity index (χ3v) is 3.15. The van der Waals surface area contributed by atoms with E-state index in [-0.39, 0.29) is 11.7 Å². The van der Waals surface area contributed by atoms with Crippen LogP contribution in [0.4, 0.5) is 0 Å². The number of rotatable bonds is 3. The van der Waals surface area contributed by atoms with Gasteiger partial charge in [-0.05, 0) is 45.0 Å². The monoisotopic (exact) mass is 282 g/mol. The zero-order valence-electron chi connectivity index (χ0n) is 12.3. The van der Waals surface area contributed by atoms with Crippen molar-refractivity contribution in [2.45, 2.75) is 20.8 Å². The van der Waals surface area contributed by atoms with Gasteiger partial charge in [0.15, 0.2) is 0 Å². The third-order valence-electron chi connectivity index (χ3n) is 3.15. The highest BCUT2D eigenvalue weighted by atomic mass is 16.3. The Balaban J connectivity index is 2.17. The van der Waals surface area contributed by atoms with Crippen LogP contribution < -0.4 is 5.43 Å². The first-order valence-electron chi connectivity index (χ1n) is 6.68. The fourth-order valence-corrected chi connectivity index (χ4v) is 1.99. The van der Waals surface area contributed by atoms with Gasteiger partial charge >= 0.3 is 0 Å². The Kier molecular flexibility index (Phi) is 4.38. The van der Waals surface area contributed by atoms with Crippen LogP contribution in [0, 0.1) is 13.8 Å². The molecule has 2 rings (SSSR count). The molecule has 0 aliphatic carbocycles. The van der Waals surface area contributed by atoms with Crippen molar-refractivity contribution in [3.63, 3.8) is 0 Å². The first kappa shape index (κ1) is 14.8. The van der Waals surface area contributed by atoms with Gasteiger partial charge in [-0.1, -0.05) is 29.3 Å². The van der Waals surface area contributed by atoms with E-state index in [2.05, 4.69) is 10.5 Å². The first-order chi connectivity index (χ1) is 9.97. The van der Waals surface area contributed by atoms with Gasteiger partial charge in [-0.25, -0.2) is 5.43 Å². The molecule has 0 saturated carbocycles. The molecule has 0 unspecified atom stereocenters. The van der Waals surface area contributed by atoms with Gasteiger partial charge in [-0.3, -0.25) is 4.79 Å². The summed E-state index contributed by atoms with van der Waals surface area (Å²) < 4.78 is 0.